The minimum absolute atomic E-state index is 0.269. The highest BCUT2D eigenvalue weighted by Gasteiger charge is 2.23. The van der Waals surface area contributed by atoms with Crippen molar-refractivity contribution in [2.24, 2.45) is 0 Å². The highest BCUT2D eigenvalue weighted by Crippen LogP contribution is 2.31. The number of anilines is 2. The van der Waals surface area contributed by atoms with Gasteiger partial charge in [0.05, 0.1) is 6.61 Å². The second-order valence-corrected chi connectivity index (χ2v) is 4.71. The Balaban J connectivity index is 3.02. The molecular weight excluding hydrogens is 250 g/mol. The molecule has 0 spiro atoms. The zero-order chi connectivity index (χ0) is 13.5. The number of rotatable bonds is 7. The molecule has 18 heavy (non-hydrogen) atoms. The summed E-state index contributed by atoms with van der Waals surface area (Å²) >= 11 is 1.27. The highest BCUT2D eigenvalue weighted by molar-refractivity contribution is 7.11. The average Bonchev–Trinajstić information content (AvgIpc) is 2.71. The maximum Gasteiger partial charge on any atom is 0.345 e. The lowest BCUT2D eigenvalue weighted by atomic mass is 10.2. The van der Waals surface area contributed by atoms with Crippen LogP contribution < -0.4 is 10.6 Å². The predicted octanol–water partition coefficient (Wildman–Crippen LogP) is 2.53. The van der Waals surface area contributed by atoms with Crippen LogP contribution in [0.25, 0.3) is 0 Å². The summed E-state index contributed by atoms with van der Waals surface area (Å²) in [5, 5.41) is 0.828. The molecule has 0 aliphatic carbocycles. The average molecular weight is 271 g/mol. The van der Waals surface area contributed by atoms with Gasteiger partial charge in [0.1, 0.15) is 10.6 Å². The number of esters is 1. The van der Waals surface area contributed by atoms with E-state index >= 15 is 0 Å². The van der Waals surface area contributed by atoms with Gasteiger partial charge in [0.25, 0.3) is 0 Å². The van der Waals surface area contributed by atoms with Crippen molar-refractivity contribution in [3.8, 4) is 0 Å². The summed E-state index contributed by atoms with van der Waals surface area (Å²) in [7, 11) is 0. The van der Waals surface area contributed by atoms with E-state index < -0.39 is 0 Å². The molecule has 0 aromatic carbocycles. The minimum Gasteiger partial charge on any atom is -0.462 e. The summed E-state index contributed by atoms with van der Waals surface area (Å²) in [5.41, 5.74) is 6.19. The normalized spacial score (nSPS) is 10.4. The summed E-state index contributed by atoms with van der Waals surface area (Å²) in [6.45, 7) is 8.12. The van der Waals surface area contributed by atoms with E-state index in [0.29, 0.717) is 12.2 Å². The summed E-state index contributed by atoms with van der Waals surface area (Å²) < 4.78 is 9.12. The number of hydrogen-bond donors (Lipinski definition) is 1. The lowest BCUT2D eigenvalue weighted by Crippen LogP contribution is -2.26. The number of nitrogen functional groups attached to an aromatic ring is 1. The fraction of sp³-hybridized carbons (Fsp3) is 0.667. The van der Waals surface area contributed by atoms with Gasteiger partial charge in [-0.25, -0.2) is 4.79 Å². The van der Waals surface area contributed by atoms with Gasteiger partial charge < -0.3 is 15.4 Å². The number of aromatic nitrogens is 1. The summed E-state index contributed by atoms with van der Waals surface area (Å²) in [6, 6.07) is 0. The van der Waals surface area contributed by atoms with E-state index in [9.17, 15) is 4.79 Å². The van der Waals surface area contributed by atoms with Gasteiger partial charge in [-0.15, -0.1) is 0 Å². The predicted molar refractivity (Wildman–Crippen MR) is 75.3 cm³/mol. The molecule has 0 bridgehead atoms. The van der Waals surface area contributed by atoms with Gasteiger partial charge in [-0.2, -0.15) is 4.37 Å². The Bertz CT molecular complexity index is 387. The van der Waals surface area contributed by atoms with Crippen LogP contribution in [0.15, 0.2) is 0 Å². The molecule has 0 atom stereocenters. The van der Waals surface area contributed by atoms with E-state index in [1.165, 1.54) is 11.5 Å². The number of nitrogens with zero attached hydrogens (tertiary/aromatic N) is 2. The zero-order valence-corrected chi connectivity index (χ0v) is 12.0. The van der Waals surface area contributed by atoms with Gasteiger partial charge in [-0.05, 0) is 31.3 Å². The molecule has 1 aromatic heterocycles. The molecule has 2 N–H and O–H groups in total. The van der Waals surface area contributed by atoms with Gasteiger partial charge in [0.2, 0.25) is 0 Å². The maximum atomic E-state index is 11.9. The fourth-order valence-electron chi connectivity index (χ4n) is 1.76. The van der Waals surface area contributed by atoms with Crippen LogP contribution in [0.1, 0.15) is 44.0 Å². The van der Waals surface area contributed by atoms with Crippen molar-refractivity contribution in [2.45, 2.75) is 33.6 Å². The first-order valence-corrected chi connectivity index (χ1v) is 7.10. The van der Waals surface area contributed by atoms with E-state index in [-0.39, 0.29) is 11.8 Å². The van der Waals surface area contributed by atoms with Crippen LogP contribution in [-0.2, 0) is 4.74 Å². The van der Waals surface area contributed by atoms with Crippen molar-refractivity contribution in [1.29, 1.82) is 0 Å². The van der Waals surface area contributed by atoms with Gasteiger partial charge >= 0.3 is 5.97 Å². The van der Waals surface area contributed by atoms with Crippen LogP contribution >= 0.6 is 11.5 Å². The Hall–Kier alpha value is -1.30. The van der Waals surface area contributed by atoms with E-state index in [4.69, 9.17) is 10.5 Å². The summed E-state index contributed by atoms with van der Waals surface area (Å²) in [5.74, 6) is -0.110. The Morgan fingerprint density at radius 3 is 2.44 bits per heavy atom. The van der Waals surface area contributed by atoms with Gasteiger partial charge in [0.15, 0.2) is 5.82 Å². The molecule has 0 saturated carbocycles. The fourth-order valence-corrected chi connectivity index (χ4v) is 2.61. The Kier molecular flexibility index (Phi) is 5.91. The van der Waals surface area contributed by atoms with Crippen molar-refractivity contribution in [1.82, 2.24) is 4.37 Å². The smallest absolute Gasteiger partial charge is 0.345 e. The monoisotopic (exact) mass is 271 g/mol. The first-order chi connectivity index (χ1) is 8.65. The molecule has 0 aliphatic heterocycles. The molecule has 0 aliphatic rings. The lowest BCUT2D eigenvalue weighted by Gasteiger charge is -2.22. The third-order valence-corrected chi connectivity index (χ3v) is 3.38. The minimum atomic E-state index is -0.379. The summed E-state index contributed by atoms with van der Waals surface area (Å²) in [6.07, 6.45) is 2.03. The molecule has 1 heterocycles. The number of carbonyl (C=O) groups is 1. The van der Waals surface area contributed by atoms with Gasteiger partial charge in [0, 0.05) is 13.1 Å². The zero-order valence-electron chi connectivity index (χ0n) is 11.2. The molecular formula is C12H21N3O2S. The number of ether oxygens (including phenoxy) is 1. The van der Waals surface area contributed by atoms with Crippen LogP contribution in [0.3, 0.4) is 0 Å². The van der Waals surface area contributed by atoms with Crippen LogP contribution in [0.5, 0.6) is 0 Å². The quantitative estimate of drug-likeness (QED) is 0.772. The second-order valence-electron chi connectivity index (χ2n) is 3.96. The molecule has 1 aromatic rings. The molecule has 6 heteroatoms. The second kappa shape index (κ2) is 7.20. The van der Waals surface area contributed by atoms with Gasteiger partial charge in [-0.1, -0.05) is 13.8 Å². The molecule has 0 unspecified atom stereocenters. The first kappa shape index (κ1) is 14.8. The van der Waals surface area contributed by atoms with Crippen molar-refractivity contribution < 1.29 is 9.53 Å². The van der Waals surface area contributed by atoms with E-state index in [1.54, 1.807) is 6.92 Å². The molecule has 0 fully saturated rings. The number of nitrogens with two attached hydrogens (primary N) is 1. The Morgan fingerprint density at radius 1 is 1.33 bits per heavy atom. The Labute approximate surface area is 112 Å². The molecule has 102 valence electrons. The van der Waals surface area contributed by atoms with Crippen molar-refractivity contribution in [3.05, 3.63) is 5.56 Å². The van der Waals surface area contributed by atoms with E-state index in [0.717, 1.165) is 30.9 Å². The van der Waals surface area contributed by atoms with Crippen LogP contribution in [-0.4, -0.2) is 30.0 Å². The van der Waals surface area contributed by atoms with Crippen LogP contribution in [0, 0.1) is 0 Å². The van der Waals surface area contributed by atoms with E-state index in [1.807, 2.05) is 0 Å². The number of carbonyl (C=O) groups excluding carboxylic acids is 1. The topological polar surface area (TPSA) is 68.5 Å². The first-order valence-electron chi connectivity index (χ1n) is 6.32. The number of hydrogen-bond acceptors (Lipinski definition) is 6. The molecule has 0 amide bonds. The molecule has 0 saturated heterocycles. The van der Waals surface area contributed by atoms with Crippen molar-refractivity contribution in [3.63, 3.8) is 0 Å². The maximum absolute atomic E-state index is 11.9. The SMILES string of the molecule is CCCN(CCC)c1snc(N)c1C(=O)OCC. The lowest BCUT2D eigenvalue weighted by molar-refractivity contribution is 0.0528. The third-order valence-electron chi connectivity index (χ3n) is 2.45. The Morgan fingerprint density at radius 2 is 1.94 bits per heavy atom. The highest BCUT2D eigenvalue weighted by atomic mass is 32.1. The van der Waals surface area contributed by atoms with Crippen molar-refractivity contribution >= 4 is 28.3 Å². The largest absolute Gasteiger partial charge is 0.462 e. The standard InChI is InChI=1S/C12H21N3O2S/c1-4-7-15(8-5-2)11-9(10(13)14-18-11)12(16)17-6-3/h4-8H2,1-3H3,(H2,13,14). The summed E-state index contributed by atoms with van der Waals surface area (Å²) in [4.78, 5) is 14.1. The third kappa shape index (κ3) is 3.35. The molecule has 5 nitrogen and oxygen atoms in total. The molecule has 1 rings (SSSR count). The molecule has 0 radical (unpaired) electrons. The van der Waals surface area contributed by atoms with Crippen LogP contribution in [0.4, 0.5) is 10.8 Å². The van der Waals surface area contributed by atoms with Crippen molar-refractivity contribution in [2.75, 3.05) is 30.3 Å². The van der Waals surface area contributed by atoms with Crippen LogP contribution in [0.2, 0.25) is 0 Å². The van der Waals surface area contributed by atoms with E-state index in [2.05, 4.69) is 23.1 Å². The van der Waals surface area contributed by atoms with Gasteiger partial charge in [-0.3, -0.25) is 0 Å².